The van der Waals surface area contributed by atoms with E-state index in [4.69, 9.17) is 4.74 Å². The van der Waals surface area contributed by atoms with Gasteiger partial charge in [0.1, 0.15) is 16.5 Å². The summed E-state index contributed by atoms with van der Waals surface area (Å²) in [6.07, 6.45) is 2.46. The molecule has 2 aliphatic rings. The molecule has 2 heterocycles. The fraction of sp³-hybridized carbons (Fsp3) is 0.571. The van der Waals surface area contributed by atoms with Gasteiger partial charge in [-0.05, 0) is 53.9 Å². The second-order valence-corrected chi connectivity index (χ2v) is 8.30. The molecular weight excluding hydrogens is 411 g/mol. The van der Waals surface area contributed by atoms with Crippen LogP contribution in [0.15, 0.2) is 21.5 Å². The van der Waals surface area contributed by atoms with Crippen molar-refractivity contribution in [3.05, 3.63) is 22.4 Å². The fourth-order valence-electron chi connectivity index (χ4n) is 3.32. The second-order valence-electron chi connectivity index (χ2n) is 5.63. The maximum absolute atomic E-state index is 13.9. The average Bonchev–Trinajstić information content (AvgIpc) is 2.75. The monoisotopic (exact) mass is 428 g/mol. The van der Waals surface area contributed by atoms with Crippen LogP contribution in [0.5, 0.6) is 5.75 Å². The van der Waals surface area contributed by atoms with Gasteiger partial charge >= 0.3 is 0 Å². The van der Waals surface area contributed by atoms with E-state index in [2.05, 4.69) is 21.2 Å². The first kappa shape index (κ1) is 18.9. The molecule has 1 N–H and O–H groups in total. The maximum atomic E-state index is 13.9. The van der Waals surface area contributed by atoms with Gasteiger partial charge in [-0.15, -0.1) is 12.4 Å². The molecule has 1 aromatic rings. The summed E-state index contributed by atoms with van der Waals surface area (Å²) < 4.78 is 46.9. The molecule has 2 fully saturated rings. The van der Waals surface area contributed by atoms with Crippen molar-refractivity contribution in [2.45, 2.75) is 36.2 Å². The molecule has 2 aliphatic heterocycles. The molecule has 0 aliphatic carbocycles. The lowest BCUT2D eigenvalue weighted by atomic mass is 10.1. The molecule has 0 amide bonds. The largest absolute Gasteiger partial charge is 0.495 e. The lowest BCUT2D eigenvalue weighted by Gasteiger charge is -2.27. The van der Waals surface area contributed by atoms with Crippen LogP contribution in [-0.4, -0.2) is 45.0 Å². The Hall–Kier alpha value is -0.410. The normalized spacial score (nSPS) is 24.8. The van der Waals surface area contributed by atoms with E-state index in [9.17, 15) is 12.8 Å². The van der Waals surface area contributed by atoms with E-state index in [1.54, 1.807) is 4.31 Å². The summed E-state index contributed by atoms with van der Waals surface area (Å²) >= 11 is 3.06. The van der Waals surface area contributed by atoms with Crippen molar-refractivity contribution in [2.24, 2.45) is 0 Å². The van der Waals surface area contributed by atoms with Crippen molar-refractivity contribution in [3.8, 4) is 5.75 Å². The molecule has 23 heavy (non-hydrogen) atoms. The Balaban J connectivity index is 0.00000192. The first-order valence-corrected chi connectivity index (χ1v) is 9.45. The molecule has 2 atom stereocenters. The first-order valence-electron chi connectivity index (χ1n) is 7.22. The Kier molecular flexibility index (Phi) is 5.94. The Morgan fingerprint density at radius 2 is 2.00 bits per heavy atom. The third-order valence-electron chi connectivity index (χ3n) is 4.35. The molecule has 0 radical (unpaired) electrons. The fourth-order valence-corrected chi connectivity index (χ4v) is 5.69. The minimum atomic E-state index is -3.80. The summed E-state index contributed by atoms with van der Waals surface area (Å²) in [5, 5.41) is 3.26. The highest BCUT2D eigenvalue weighted by Gasteiger charge is 2.44. The van der Waals surface area contributed by atoms with Gasteiger partial charge in [-0.2, -0.15) is 4.31 Å². The zero-order valence-corrected chi connectivity index (χ0v) is 15.8. The maximum Gasteiger partial charge on any atom is 0.247 e. The number of hydrogen-bond donors (Lipinski definition) is 1. The molecule has 0 saturated carbocycles. The van der Waals surface area contributed by atoms with Crippen LogP contribution in [0, 0.1) is 5.82 Å². The Labute approximate surface area is 150 Å². The SMILES string of the molecule is COc1cc(Br)c(F)cc1S(=O)(=O)N1C2CCNCC1CC2.Cl. The number of ether oxygens (including phenoxy) is 1. The molecule has 5 nitrogen and oxygen atoms in total. The topological polar surface area (TPSA) is 58.6 Å². The molecule has 2 saturated heterocycles. The number of halogens is 3. The molecule has 0 spiro atoms. The van der Waals surface area contributed by atoms with E-state index in [-0.39, 0.29) is 39.6 Å². The van der Waals surface area contributed by atoms with Crippen molar-refractivity contribution in [2.75, 3.05) is 20.2 Å². The minimum absolute atomic E-state index is 0. The predicted molar refractivity (Wildman–Crippen MR) is 91.2 cm³/mol. The third kappa shape index (κ3) is 3.37. The number of methoxy groups -OCH3 is 1. The molecule has 9 heteroatoms. The molecule has 1 aromatic carbocycles. The summed E-state index contributed by atoms with van der Waals surface area (Å²) in [5.41, 5.74) is 0. The van der Waals surface area contributed by atoms with Gasteiger partial charge in [-0.25, -0.2) is 12.8 Å². The number of benzene rings is 1. The van der Waals surface area contributed by atoms with E-state index in [1.807, 2.05) is 0 Å². The number of hydrogen-bond acceptors (Lipinski definition) is 4. The van der Waals surface area contributed by atoms with E-state index in [0.29, 0.717) is 6.54 Å². The number of sulfonamides is 1. The summed E-state index contributed by atoms with van der Waals surface area (Å²) in [5.74, 6) is -0.454. The van der Waals surface area contributed by atoms with Crippen molar-refractivity contribution >= 4 is 38.4 Å². The van der Waals surface area contributed by atoms with Gasteiger partial charge in [-0.3, -0.25) is 0 Å². The van der Waals surface area contributed by atoms with Gasteiger partial charge in [0.25, 0.3) is 0 Å². The highest BCUT2D eigenvalue weighted by atomic mass is 79.9. The number of rotatable bonds is 3. The van der Waals surface area contributed by atoms with Crippen LogP contribution in [0.2, 0.25) is 0 Å². The zero-order valence-electron chi connectivity index (χ0n) is 12.6. The Bertz CT molecular complexity index is 675. The average molecular weight is 430 g/mol. The van der Waals surface area contributed by atoms with Crippen LogP contribution in [0.25, 0.3) is 0 Å². The second kappa shape index (κ2) is 7.23. The van der Waals surface area contributed by atoms with Crippen molar-refractivity contribution in [3.63, 3.8) is 0 Å². The van der Waals surface area contributed by atoms with Gasteiger partial charge in [-0.1, -0.05) is 0 Å². The highest BCUT2D eigenvalue weighted by Crippen LogP contribution is 2.38. The predicted octanol–water partition coefficient (Wildman–Crippen LogP) is 2.53. The molecule has 3 rings (SSSR count). The van der Waals surface area contributed by atoms with Gasteiger partial charge < -0.3 is 10.1 Å². The first-order chi connectivity index (χ1) is 10.4. The molecular formula is C14H19BrClFN2O3S. The number of nitrogens with zero attached hydrogens (tertiary/aromatic N) is 1. The molecule has 130 valence electrons. The third-order valence-corrected chi connectivity index (χ3v) is 6.98. The van der Waals surface area contributed by atoms with Crippen LogP contribution in [0.3, 0.4) is 0 Å². The van der Waals surface area contributed by atoms with Crippen LogP contribution >= 0.6 is 28.3 Å². The van der Waals surface area contributed by atoms with Gasteiger partial charge in [0, 0.05) is 18.6 Å². The quantitative estimate of drug-likeness (QED) is 0.802. The molecule has 2 bridgehead atoms. The minimum Gasteiger partial charge on any atom is -0.495 e. The zero-order chi connectivity index (χ0) is 15.9. The Morgan fingerprint density at radius 1 is 1.30 bits per heavy atom. The molecule has 0 aromatic heterocycles. The van der Waals surface area contributed by atoms with E-state index in [1.165, 1.54) is 13.2 Å². The summed E-state index contributed by atoms with van der Waals surface area (Å²) in [6.45, 7) is 1.44. The Morgan fingerprint density at radius 3 is 2.70 bits per heavy atom. The van der Waals surface area contributed by atoms with Crippen LogP contribution in [-0.2, 0) is 10.0 Å². The van der Waals surface area contributed by atoms with E-state index in [0.717, 1.165) is 31.9 Å². The van der Waals surface area contributed by atoms with E-state index < -0.39 is 15.8 Å². The summed E-state index contributed by atoms with van der Waals surface area (Å²) in [7, 11) is -2.41. The summed E-state index contributed by atoms with van der Waals surface area (Å²) in [6, 6.07) is 2.30. The van der Waals surface area contributed by atoms with Crippen molar-refractivity contribution in [1.29, 1.82) is 0 Å². The standard InChI is InChI=1S/C14H18BrFN2O3S.ClH/c1-21-13-6-11(15)12(16)7-14(13)22(19,20)18-9-2-3-10(18)8-17-5-4-9;/h6-7,9-10,17H,2-5,8H2,1H3;1H. The van der Waals surface area contributed by atoms with Crippen molar-refractivity contribution < 1.29 is 17.5 Å². The van der Waals surface area contributed by atoms with Crippen LogP contribution in [0.4, 0.5) is 4.39 Å². The number of fused-ring (bicyclic) bond motifs is 2. The van der Waals surface area contributed by atoms with Gasteiger partial charge in [0.05, 0.1) is 11.6 Å². The smallest absolute Gasteiger partial charge is 0.247 e. The lowest BCUT2D eigenvalue weighted by molar-refractivity contribution is 0.330. The van der Waals surface area contributed by atoms with E-state index >= 15 is 0 Å². The van der Waals surface area contributed by atoms with Crippen molar-refractivity contribution in [1.82, 2.24) is 9.62 Å². The van der Waals surface area contributed by atoms with Crippen LogP contribution < -0.4 is 10.1 Å². The van der Waals surface area contributed by atoms with Gasteiger partial charge in [0.15, 0.2) is 0 Å². The highest BCUT2D eigenvalue weighted by molar-refractivity contribution is 9.10. The summed E-state index contributed by atoms with van der Waals surface area (Å²) in [4.78, 5) is -0.102. The van der Waals surface area contributed by atoms with Gasteiger partial charge in [0.2, 0.25) is 10.0 Å². The number of nitrogens with one attached hydrogen (secondary N) is 1. The lowest BCUT2D eigenvalue weighted by Crippen LogP contribution is -2.42. The molecule has 2 unspecified atom stereocenters. The van der Waals surface area contributed by atoms with Crippen LogP contribution in [0.1, 0.15) is 19.3 Å².